The summed E-state index contributed by atoms with van der Waals surface area (Å²) in [5.41, 5.74) is 1.97. The smallest absolute Gasteiger partial charge is 0.425 e. The molecule has 28 nitrogen and oxygen atoms in total. The Labute approximate surface area is 423 Å². The molecular weight excluding hydrogens is 1100 g/mol. The summed E-state index contributed by atoms with van der Waals surface area (Å²) < 4.78 is 157. The number of fused-ring (bicyclic) bond motifs is 4. The van der Waals surface area contributed by atoms with Crippen molar-refractivity contribution in [3.05, 3.63) is 136 Å². The van der Waals surface area contributed by atoms with E-state index in [9.17, 15) is 59.2 Å². The third-order valence-corrected chi connectivity index (χ3v) is 12.7. The highest BCUT2D eigenvalue weighted by Gasteiger charge is 2.23. The van der Waals surface area contributed by atoms with Gasteiger partial charge in [-0.2, -0.15) is 40.3 Å². The molecule has 0 saturated heterocycles. The zero-order valence-corrected chi connectivity index (χ0v) is 41.3. The average molecular weight is 1130 g/mol. The van der Waals surface area contributed by atoms with E-state index in [1.807, 2.05) is 0 Å². The van der Waals surface area contributed by atoms with Gasteiger partial charge in [0.2, 0.25) is 0 Å². The van der Waals surface area contributed by atoms with E-state index in [4.69, 9.17) is 30.0 Å². The summed E-state index contributed by atoms with van der Waals surface area (Å²) in [5, 5.41) is 59.2. The van der Waals surface area contributed by atoms with E-state index in [1.165, 1.54) is 60.5 Å². The van der Waals surface area contributed by atoms with Gasteiger partial charge in [0.15, 0.2) is 5.75 Å². The Bertz CT molecular complexity index is 4270. The number of methoxy groups -OCH3 is 1. The van der Waals surface area contributed by atoms with Crippen molar-refractivity contribution in [3.8, 4) is 17.2 Å². The maximum Gasteiger partial charge on any atom is 0.425 e. The normalized spacial score (nSPS) is 12.0. The van der Waals surface area contributed by atoms with Crippen LogP contribution in [-0.2, 0) is 58.2 Å². The number of nitro groups is 1. The first kappa shape index (κ1) is 55.6. The number of azo groups is 2. The number of aromatic hydroxyl groups is 1. The molecule has 0 atom stereocenters. The molecule has 0 bridgehead atoms. The predicted molar refractivity (Wildman–Crippen MR) is 260 cm³/mol. The topological polar surface area (TPSA) is 439 Å². The molecule has 33 heteroatoms. The highest BCUT2D eigenvalue weighted by molar-refractivity contribution is 7.87. The van der Waals surface area contributed by atoms with Gasteiger partial charge in [0.25, 0.3) is 36.0 Å². The number of aromatic nitrogens is 3. The molecule has 5 N–H and O–H groups in total. The summed E-state index contributed by atoms with van der Waals surface area (Å²) in [6.07, 6.45) is 2.90. The molecule has 0 radical (unpaired) electrons. The monoisotopic (exact) mass is 1130 g/mol. The predicted octanol–water partition coefficient (Wildman–Crippen LogP) is 6.57. The standard InChI is InChI=1S/C42H30N8O14S3.2O3S/c1-64-38-21-36(45-43-27-8-3-23(4-9-27)2-5-24-6-10-29(50(53)54)18-39(24)66(58,59)60)26(22-51)17-37(38)46-44-35-14-7-25-16-28(11-12-31(25)42(35)52)49-47-34-15-13-32-33(41(34)48-49)19-30(65(55,56)57)20-40(32)67(61,62)63;2*1-4(2)3/h2-21,51-52H,22H2,1H3,(H,55,56,57)(H,58,59,60)(H,61,62,63);;. The van der Waals surface area contributed by atoms with E-state index in [-0.39, 0.29) is 55.9 Å². The second-order valence-corrected chi connectivity index (χ2v) is 19.7. The van der Waals surface area contributed by atoms with Crippen LogP contribution in [0, 0.1) is 10.1 Å². The van der Waals surface area contributed by atoms with Crippen molar-refractivity contribution in [3.63, 3.8) is 0 Å². The Balaban J connectivity index is 0.00000107. The Morgan fingerprint density at radius 1 is 0.653 bits per heavy atom. The number of phenols is 1. The summed E-state index contributed by atoms with van der Waals surface area (Å²) in [4.78, 5) is 9.36. The van der Waals surface area contributed by atoms with Gasteiger partial charge >= 0.3 is 21.2 Å². The average Bonchev–Trinajstić information content (AvgIpc) is 3.79. The van der Waals surface area contributed by atoms with Crippen molar-refractivity contribution in [2.24, 2.45) is 20.5 Å². The first-order valence-electron chi connectivity index (χ1n) is 20.0. The van der Waals surface area contributed by atoms with Gasteiger partial charge in [0, 0.05) is 39.9 Å². The highest BCUT2D eigenvalue weighted by Crippen LogP contribution is 2.40. The number of ether oxygens (including phenoxy) is 1. The van der Waals surface area contributed by atoms with Crippen LogP contribution in [0.15, 0.2) is 144 Å². The van der Waals surface area contributed by atoms with E-state index in [2.05, 4.69) is 30.7 Å². The highest BCUT2D eigenvalue weighted by atomic mass is 32.2. The molecule has 0 aliphatic rings. The van der Waals surface area contributed by atoms with Gasteiger partial charge in [-0.1, -0.05) is 36.4 Å². The lowest BCUT2D eigenvalue weighted by atomic mass is 10.1. The van der Waals surface area contributed by atoms with Crippen LogP contribution in [0.1, 0.15) is 16.7 Å². The Morgan fingerprint density at radius 2 is 1.28 bits per heavy atom. The fourth-order valence-electron chi connectivity index (χ4n) is 6.84. The summed E-state index contributed by atoms with van der Waals surface area (Å²) in [5.74, 6) is -0.0403. The largest absolute Gasteiger partial charge is 0.505 e. The molecule has 0 spiro atoms. The van der Waals surface area contributed by atoms with Gasteiger partial charge < -0.3 is 14.9 Å². The number of rotatable bonds is 13. The molecule has 0 aliphatic heterocycles. The molecule has 8 aromatic rings. The molecule has 388 valence electrons. The fraction of sp³-hybridized carbons (Fsp3) is 0.0476. The number of aliphatic hydroxyl groups excluding tert-OH is 1. The zero-order valence-electron chi connectivity index (χ0n) is 37.2. The molecule has 0 unspecified atom stereocenters. The van der Waals surface area contributed by atoms with Crippen molar-refractivity contribution in [1.29, 1.82) is 0 Å². The van der Waals surface area contributed by atoms with Crippen LogP contribution in [-0.4, -0.2) is 101 Å². The quantitative estimate of drug-likeness (QED) is 0.0268. The molecule has 0 saturated carbocycles. The van der Waals surface area contributed by atoms with Gasteiger partial charge in [-0.25, -0.2) is 0 Å². The van der Waals surface area contributed by atoms with Crippen molar-refractivity contribution in [1.82, 2.24) is 15.0 Å². The third-order valence-electron chi connectivity index (χ3n) is 10.1. The van der Waals surface area contributed by atoms with Gasteiger partial charge in [0.05, 0.1) is 40.6 Å². The lowest BCUT2D eigenvalue weighted by Crippen LogP contribution is -2.04. The number of benzene rings is 7. The maximum absolute atomic E-state index is 12.2. The minimum absolute atomic E-state index is 0.0240. The molecular formula is C42H30N8O20S5. The lowest BCUT2D eigenvalue weighted by Gasteiger charge is -2.09. The Morgan fingerprint density at radius 3 is 1.88 bits per heavy atom. The fourth-order valence-corrected chi connectivity index (χ4v) is 8.89. The summed E-state index contributed by atoms with van der Waals surface area (Å²) in [7, 11) is -19.4. The van der Waals surface area contributed by atoms with Crippen LogP contribution < -0.4 is 4.74 Å². The minimum Gasteiger partial charge on any atom is -0.505 e. The molecule has 0 aliphatic carbocycles. The summed E-state index contributed by atoms with van der Waals surface area (Å²) in [6, 6.07) is 24.8. The number of phenolic OH excluding ortho intramolecular Hbond substituents is 1. The van der Waals surface area contributed by atoms with E-state index >= 15 is 0 Å². The summed E-state index contributed by atoms with van der Waals surface area (Å²) in [6.45, 7) is -0.476. The zero-order chi connectivity index (χ0) is 55.2. The Kier molecular flexibility index (Phi) is 16.8. The van der Waals surface area contributed by atoms with Gasteiger partial charge in [0.1, 0.15) is 37.9 Å². The van der Waals surface area contributed by atoms with E-state index in [0.717, 1.165) is 18.2 Å². The first-order valence-corrected chi connectivity index (χ1v) is 26.3. The van der Waals surface area contributed by atoms with Crippen LogP contribution in [0.3, 0.4) is 0 Å². The summed E-state index contributed by atoms with van der Waals surface area (Å²) >= 11 is 0. The number of nitrogens with zero attached hydrogens (tertiary/aromatic N) is 8. The van der Waals surface area contributed by atoms with E-state index < -0.39 is 83.5 Å². The molecule has 1 heterocycles. The van der Waals surface area contributed by atoms with Crippen molar-refractivity contribution in [2.75, 3.05) is 7.11 Å². The lowest BCUT2D eigenvalue weighted by molar-refractivity contribution is -0.385. The Hall–Kier alpha value is -8.67. The number of aliphatic hydroxyl groups is 1. The first-order chi connectivity index (χ1) is 35.2. The van der Waals surface area contributed by atoms with Gasteiger partial charge in [-0.05, 0) is 83.2 Å². The van der Waals surface area contributed by atoms with E-state index in [0.29, 0.717) is 39.3 Å². The van der Waals surface area contributed by atoms with Crippen LogP contribution in [0.2, 0.25) is 0 Å². The third kappa shape index (κ3) is 13.7. The van der Waals surface area contributed by atoms with E-state index in [1.54, 1.807) is 48.5 Å². The van der Waals surface area contributed by atoms with Gasteiger partial charge in [-0.3, -0.25) is 23.8 Å². The van der Waals surface area contributed by atoms with Crippen molar-refractivity contribution < 1.29 is 84.0 Å². The molecule has 1 aromatic heterocycles. The number of hydrogen-bond donors (Lipinski definition) is 5. The molecule has 7 aromatic carbocycles. The molecule has 75 heavy (non-hydrogen) atoms. The van der Waals surface area contributed by atoms with Crippen molar-refractivity contribution in [2.45, 2.75) is 21.3 Å². The van der Waals surface area contributed by atoms with Crippen LogP contribution in [0.25, 0.3) is 50.4 Å². The number of non-ortho nitro benzene ring substituents is 1. The van der Waals surface area contributed by atoms with Gasteiger partial charge in [-0.15, -0.1) is 45.7 Å². The number of nitro benzene ring substituents is 1. The van der Waals surface area contributed by atoms with Crippen LogP contribution >= 0.6 is 0 Å². The van der Waals surface area contributed by atoms with Crippen LogP contribution in [0.5, 0.6) is 11.5 Å². The SMILES string of the molecule is COc1cc(N=Nc2ccc(C=Cc3ccc([N+](=O)[O-])cc3S(=O)(=O)O)cc2)c(CO)cc1N=Nc1ccc2cc(-n3nc4ccc5c(S(=O)(=O)O)cc(S(=O)(=O)O)cc5c4n3)ccc2c1O.O=S(=O)=O.O=S(=O)=O. The molecule has 0 fully saturated rings. The second kappa shape index (κ2) is 22.6. The second-order valence-electron chi connectivity index (χ2n) is 14.7. The molecule has 0 amide bonds. The maximum atomic E-state index is 12.2. The number of hydrogen-bond acceptors (Lipinski definition) is 23. The minimum atomic E-state index is -4.93. The molecule has 8 rings (SSSR count). The van der Waals surface area contributed by atoms with Crippen LogP contribution in [0.4, 0.5) is 28.4 Å². The van der Waals surface area contributed by atoms with Crippen molar-refractivity contribution >= 4 is 125 Å².